The molecule has 2 N–H and O–H groups in total. The first kappa shape index (κ1) is 18.2. The van der Waals surface area contributed by atoms with Gasteiger partial charge in [-0.1, -0.05) is 19.3 Å². The van der Waals surface area contributed by atoms with E-state index in [1.807, 2.05) is 0 Å². The lowest BCUT2D eigenvalue weighted by atomic mass is 9.82. The Kier molecular flexibility index (Phi) is 4.84. The molecule has 0 bridgehead atoms. The summed E-state index contributed by atoms with van der Waals surface area (Å²) >= 11 is 0. The molecule has 0 aromatic rings. The standard InChI is InChI=1S/C16H23N5O5/c1-2-19-8-9-20(13(24)12(19)23)10-11(22)18-21-14(25)16(17-15(21)26)6-4-3-5-7-16/h2-10H2,1H3,(H,17,26)(H,18,22). The normalized spacial score (nSPS) is 22.9. The van der Waals surface area contributed by atoms with E-state index in [0.29, 0.717) is 30.9 Å². The minimum Gasteiger partial charge on any atom is -0.333 e. The molecule has 0 radical (unpaired) electrons. The van der Waals surface area contributed by atoms with Crippen LogP contribution >= 0.6 is 0 Å². The molecule has 1 aliphatic carbocycles. The molecule has 0 aromatic carbocycles. The van der Waals surface area contributed by atoms with Crippen LogP contribution in [0.25, 0.3) is 0 Å². The van der Waals surface area contributed by atoms with Gasteiger partial charge in [0.1, 0.15) is 12.1 Å². The van der Waals surface area contributed by atoms with Gasteiger partial charge in [-0.2, -0.15) is 5.01 Å². The third kappa shape index (κ3) is 3.11. The van der Waals surface area contributed by atoms with E-state index in [1.54, 1.807) is 6.92 Å². The van der Waals surface area contributed by atoms with Crippen molar-refractivity contribution in [2.75, 3.05) is 26.2 Å². The molecule has 142 valence electrons. The zero-order chi connectivity index (χ0) is 18.9. The van der Waals surface area contributed by atoms with Crippen molar-refractivity contribution < 1.29 is 24.0 Å². The number of likely N-dealkylation sites (N-methyl/N-ethyl adjacent to an activating group) is 1. The number of carbonyl (C=O) groups excluding carboxylic acids is 5. The highest BCUT2D eigenvalue weighted by molar-refractivity contribution is 6.35. The van der Waals surface area contributed by atoms with Gasteiger partial charge in [0.05, 0.1) is 0 Å². The van der Waals surface area contributed by atoms with Crippen LogP contribution in [0.15, 0.2) is 0 Å². The molecule has 2 saturated heterocycles. The molecule has 3 rings (SSSR count). The van der Waals surface area contributed by atoms with E-state index >= 15 is 0 Å². The number of nitrogens with one attached hydrogen (secondary N) is 2. The fourth-order valence-corrected chi connectivity index (χ4v) is 3.72. The first-order valence-corrected chi connectivity index (χ1v) is 8.92. The molecule has 2 aliphatic heterocycles. The Morgan fingerprint density at radius 1 is 1.04 bits per heavy atom. The monoisotopic (exact) mass is 365 g/mol. The highest BCUT2D eigenvalue weighted by Crippen LogP contribution is 2.32. The number of imide groups is 1. The number of hydrogen-bond donors (Lipinski definition) is 2. The number of hydrogen-bond acceptors (Lipinski definition) is 5. The molecule has 2 heterocycles. The topological polar surface area (TPSA) is 119 Å². The highest BCUT2D eigenvalue weighted by atomic mass is 16.2. The maximum Gasteiger partial charge on any atom is 0.344 e. The number of hydrazine groups is 1. The minimum atomic E-state index is -0.929. The maximum atomic E-state index is 12.6. The van der Waals surface area contributed by atoms with Crippen molar-refractivity contribution in [2.24, 2.45) is 0 Å². The molecule has 0 unspecified atom stereocenters. The smallest absolute Gasteiger partial charge is 0.333 e. The summed E-state index contributed by atoms with van der Waals surface area (Å²) in [4.78, 5) is 63.4. The number of urea groups is 1. The lowest BCUT2D eigenvalue weighted by Crippen LogP contribution is -2.58. The van der Waals surface area contributed by atoms with Crippen molar-refractivity contribution in [3.05, 3.63) is 0 Å². The molecule has 0 aromatic heterocycles. The van der Waals surface area contributed by atoms with Crippen molar-refractivity contribution in [3.8, 4) is 0 Å². The summed E-state index contributed by atoms with van der Waals surface area (Å²) in [5, 5.41) is 3.39. The van der Waals surface area contributed by atoms with Gasteiger partial charge in [0.15, 0.2) is 0 Å². The van der Waals surface area contributed by atoms with Gasteiger partial charge in [-0.05, 0) is 19.8 Å². The lowest BCUT2D eigenvalue weighted by Gasteiger charge is -2.33. The van der Waals surface area contributed by atoms with Crippen LogP contribution in [-0.2, 0) is 19.2 Å². The SMILES string of the molecule is CCN1CCN(CC(=O)NN2C(=O)NC3(CCCCC3)C2=O)C(=O)C1=O. The molecule has 3 aliphatic rings. The summed E-state index contributed by atoms with van der Waals surface area (Å²) in [6.07, 6.45) is 3.79. The van der Waals surface area contributed by atoms with Gasteiger partial charge in [-0.15, -0.1) is 0 Å². The molecule has 10 heteroatoms. The van der Waals surface area contributed by atoms with Crippen LogP contribution in [-0.4, -0.2) is 76.2 Å². The van der Waals surface area contributed by atoms with Crippen molar-refractivity contribution in [1.82, 2.24) is 25.6 Å². The van der Waals surface area contributed by atoms with Crippen molar-refractivity contribution in [2.45, 2.75) is 44.6 Å². The number of piperazine rings is 1. The Balaban J connectivity index is 1.60. The summed E-state index contributed by atoms with van der Waals surface area (Å²) in [5.74, 6) is -2.56. The number of amides is 6. The summed E-state index contributed by atoms with van der Waals surface area (Å²) < 4.78 is 0. The quantitative estimate of drug-likeness (QED) is 0.487. The van der Waals surface area contributed by atoms with Gasteiger partial charge in [-0.25, -0.2) is 4.79 Å². The van der Waals surface area contributed by atoms with Gasteiger partial charge < -0.3 is 15.1 Å². The Bertz CT molecular complexity index is 657. The van der Waals surface area contributed by atoms with Crippen LogP contribution in [0.5, 0.6) is 0 Å². The van der Waals surface area contributed by atoms with E-state index in [-0.39, 0.29) is 13.1 Å². The van der Waals surface area contributed by atoms with Gasteiger partial charge in [0.2, 0.25) is 0 Å². The van der Waals surface area contributed by atoms with Crippen LogP contribution < -0.4 is 10.7 Å². The summed E-state index contributed by atoms with van der Waals surface area (Å²) in [6, 6.07) is -0.663. The van der Waals surface area contributed by atoms with Crippen LogP contribution in [0, 0.1) is 0 Å². The van der Waals surface area contributed by atoms with E-state index in [1.165, 1.54) is 4.90 Å². The van der Waals surface area contributed by atoms with E-state index in [9.17, 15) is 24.0 Å². The van der Waals surface area contributed by atoms with E-state index in [4.69, 9.17) is 0 Å². The average molecular weight is 365 g/mol. The predicted octanol–water partition coefficient (Wildman–Crippen LogP) is -1.04. The first-order chi connectivity index (χ1) is 12.4. The first-order valence-electron chi connectivity index (χ1n) is 8.92. The third-order valence-corrected chi connectivity index (χ3v) is 5.22. The second-order valence-corrected chi connectivity index (χ2v) is 6.86. The number of carbonyl (C=O) groups is 5. The average Bonchev–Trinajstić information content (AvgIpc) is 2.84. The molecule has 1 spiro atoms. The van der Waals surface area contributed by atoms with Crippen LogP contribution in [0.4, 0.5) is 4.79 Å². The second-order valence-electron chi connectivity index (χ2n) is 6.86. The second kappa shape index (κ2) is 6.93. The molecule has 3 fully saturated rings. The zero-order valence-electron chi connectivity index (χ0n) is 14.7. The Morgan fingerprint density at radius 2 is 1.65 bits per heavy atom. The maximum absolute atomic E-state index is 12.6. The van der Waals surface area contributed by atoms with Crippen LogP contribution in [0.3, 0.4) is 0 Å². The molecular weight excluding hydrogens is 342 g/mol. The Labute approximate surface area is 150 Å². The fourth-order valence-electron chi connectivity index (χ4n) is 3.72. The van der Waals surface area contributed by atoms with Crippen LogP contribution in [0.1, 0.15) is 39.0 Å². The molecular formula is C16H23N5O5. The summed E-state index contributed by atoms with van der Waals surface area (Å²) in [7, 11) is 0. The number of rotatable bonds is 4. The minimum absolute atomic E-state index is 0.232. The van der Waals surface area contributed by atoms with Gasteiger partial charge >= 0.3 is 17.8 Å². The third-order valence-electron chi connectivity index (χ3n) is 5.22. The van der Waals surface area contributed by atoms with Crippen molar-refractivity contribution in [3.63, 3.8) is 0 Å². The molecule has 1 saturated carbocycles. The molecule has 26 heavy (non-hydrogen) atoms. The van der Waals surface area contributed by atoms with Crippen molar-refractivity contribution >= 4 is 29.7 Å². The summed E-state index contributed by atoms with van der Waals surface area (Å²) in [5.41, 5.74) is 1.34. The molecule has 10 nitrogen and oxygen atoms in total. The molecule has 6 amide bonds. The van der Waals surface area contributed by atoms with Gasteiger partial charge in [0, 0.05) is 19.6 Å². The number of nitrogens with zero attached hydrogens (tertiary/aromatic N) is 3. The van der Waals surface area contributed by atoms with Gasteiger partial charge in [0.25, 0.3) is 11.8 Å². The largest absolute Gasteiger partial charge is 0.344 e. The van der Waals surface area contributed by atoms with E-state index < -0.39 is 35.2 Å². The summed E-state index contributed by atoms with van der Waals surface area (Å²) in [6.45, 7) is 2.39. The predicted molar refractivity (Wildman–Crippen MR) is 88.2 cm³/mol. The highest BCUT2D eigenvalue weighted by Gasteiger charge is 2.52. The van der Waals surface area contributed by atoms with Crippen molar-refractivity contribution in [1.29, 1.82) is 0 Å². The van der Waals surface area contributed by atoms with Crippen LogP contribution in [0.2, 0.25) is 0 Å². The van der Waals surface area contributed by atoms with E-state index in [0.717, 1.165) is 24.2 Å². The van der Waals surface area contributed by atoms with Gasteiger partial charge in [-0.3, -0.25) is 24.6 Å². The Hall–Kier alpha value is -2.65. The lowest BCUT2D eigenvalue weighted by molar-refractivity contribution is -0.157. The zero-order valence-corrected chi connectivity index (χ0v) is 14.7. The Morgan fingerprint density at radius 3 is 2.31 bits per heavy atom. The fraction of sp³-hybridized carbons (Fsp3) is 0.688. The molecule has 0 atom stereocenters. The van der Waals surface area contributed by atoms with E-state index in [2.05, 4.69) is 10.7 Å².